The highest BCUT2D eigenvalue weighted by atomic mass is 16.2. The second-order valence-corrected chi connectivity index (χ2v) is 3.85. The Morgan fingerprint density at radius 1 is 1.50 bits per heavy atom. The summed E-state index contributed by atoms with van der Waals surface area (Å²) in [5, 5.41) is 2.85. The summed E-state index contributed by atoms with van der Waals surface area (Å²) in [4.78, 5) is 13.7. The lowest BCUT2D eigenvalue weighted by Crippen LogP contribution is -2.42. The Morgan fingerprint density at radius 2 is 2.14 bits per heavy atom. The van der Waals surface area contributed by atoms with Crippen molar-refractivity contribution in [3.63, 3.8) is 0 Å². The number of hydrogen-bond acceptors (Lipinski definition) is 3. The van der Waals surface area contributed by atoms with Gasteiger partial charge in [-0.05, 0) is 32.4 Å². The summed E-state index contributed by atoms with van der Waals surface area (Å²) in [5.41, 5.74) is 5.59. The molecule has 4 nitrogen and oxygen atoms in total. The lowest BCUT2D eigenvalue weighted by Gasteiger charge is -2.15. The summed E-state index contributed by atoms with van der Waals surface area (Å²) < 4.78 is 0. The van der Waals surface area contributed by atoms with Crippen LogP contribution in [-0.4, -0.2) is 43.0 Å². The predicted molar refractivity (Wildman–Crippen MR) is 57.0 cm³/mol. The summed E-state index contributed by atoms with van der Waals surface area (Å²) >= 11 is 0. The summed E-state index contributed by atoms with van der Waals surface area (Å²) in [6.45, 7) is 5.96. The summed E-state index contributed by atoms with van der Waals surface area (Å²) in [5.74, 6) is -0.0216. The highest BCUT2D eigenvalue weighted by molar-refractivity contribution is 5.81. The molecular formula is C10H21N3O. The molecule has 1 unspecified atom stereocenters. The number of carbonyl (C=O) groups excluding carboxylic acids is 1. The standard InChI is InChI=1S/C10H21N3O/c1-2-9(11)10(14)12-5-8-13-6-3-4-7-13/h9H,2-8,11H2,1H3,(H,12,14). The van der Waals surface area contributed by atoms with Gasteiger partial charge in [-0.2, -0.15) is 0 Å². The zero-order valence-electron chi connectivity index (χ0n) is 8.96. The number of nitrogens with one attached hydrogen (secondary N) is 1. The van der Waals surface area contributed by atoms with E-state index in [2.05, 4.69) is 10.2 Å². The monoisotopic (exact) mass is 199 g/mol. The molecule has 1 aliphatic heterocycles. The third kappa shape index (κ3) is 3.64. The molecule has 0 radical (unpaired) electrons. The van der Waals surface area contributed by atoms with Crippen molar-refractivity contribution >= 4 is 5.91 Å². The molecule has 0 aromatic heterocycles. The van der Waals surface area contributed by atoms with Crippen LogP contribution in [0.5, 0.6) is 0 Å². The highest BCUT2D eigenvalue weighted by Gasteiger charge is 2.13. The summed E-state index contributed by atoms with van der Waals surface area (Å²) in [7, 11) is 0. The van der Waals surface area contributed by atoms with Crippen LogP contribution in [0.15, 0.2) is 0 Å². The van der Waals surface area contributed by atoms with Crippen molar-refractivity contribution in [3.05, 3.63) is 0 Å². The number of hydrogen-bond donors (Lipinski definition) is 2. The van der Waals surface area contributed by atoms with Crippen molar-refractivity contribution < 1.29 is 4.79 Å². The molecule has 1 rings (SSSR count). The average molecular weight is 199 g/mol. The Bertz CT molecular complexity index is 178. The topological polar surface area (TPSA) is 58.4 Å². The van der Waals surface area contributed by atoms with Crippen molar-refractivity contribution in [2.45, 2.75) is 32.2 Å². The molecule has 1 aliphatic rings. The van der Waals surface area contributed by atoms with Gasteiger partial charge in [0.2, 0.25) is 5.91 Å². The minimum absolute atomic E-state index is 0.0216. The third-order valence-electron chi connectivity index (χ3n) is 2.70. The first kappa shape index (κ1) is 11.5. The fourth-order valence-electron chi connectivity index (χ4n) is 1.66. The first-order chi connectivity index (χ1) is 6.74. The number of nitrogens with two attached hydrogens (primary N) is 1. The van der Waals surface area contributed by atoms with Gasteiger partial charge in [0.25, 0.3) is 0 Å². The van der Waals surface area contributed by atoms with Gasteiger partial charge in [0.15, 0.2) is 0 Å². The lowest BCUT2D eigenvalue weighted by molar-refractivity contribution is -0.122. The third-order valence-corrected chi connectivity index (χ3v) is 2.70. The number of carbonyl (C=O) groups is 1. The van der Waals surface area contributed by atoms with Crippen molar-refractivity contribution in [1.82, 2.24) is 10.2 Å². The maximum Gasteiger partial charge on any atom is 0.236 e. The van der Waals surface area contributed by atoms with Crippen molar-refractivity contribution in [2.24, 2.45) is 5.73 Å². The van der Waals surface area contributed by atoms with Crippen molar-refractivity contribution in [3.8, 4) is 0 Å². The molecule has 0 spiro atoms. The van der Waals surface area contributed by atoms with Crippen molar-refractivity contribution in [2.75, 3.05) is 26.2 Å². The van der Waals surface area contributed by atoms with Crippen LogP contribution in [0.1, 0.15) is 26.2 Å². The maximum atomic E-state index is 11.3. The van der Waals surface area contributed by atoms with E-state index in [1.807, 2.05) is 6.92 Å². The quantitative estimate of drug-likeness (QED) is 0.652. The Morgan fingerprint density at radius 3 is 2.71 bits per heavy atom. The van der Waals surface area contributed by atoms with Crippen LogP contribution in [0.25, 0.3) is 0 Å². The van der Waals surface area contributed by atoms with Gasteiger partial charge in [-0.25, -0.2) is 0 Å². The first-order valence-electron chi connectivity index (χ1n) is 5.49. The van der Waals surface area contributed by atoms with E-state index in [4.69, 9.17) is 5.73 Å². The van der Waals surface area contributed by atoms with Crippen LogP contribution in [-0.2, 0) is 4.79 Å². The minimum atomic E-state index is -0.339. The van der Waals surface area contributed by atoms with E-state index in [1.54, 1.807) is 0 Å². The van der Waals surface area contributed by atoms with E-state index < -0.39 is 0 Å². The molecule has 1 heterocycles. The lowest BCUT2D eigenvalue weighted by atomic mass is 10.2. The molecule has 82 valence electrons. The second kappa shape index (κ2) is 5.98. The van der Waals surface area contributed by atoms with Gasteiger partial charge in [0, 0.05) is 13.1 Å². The summed E-state index contributed by atoms with van der Waals surface area (Å²) in [6.07, 6.45) is 3.29. The molecule has 1 fully saturated rings. The van der Waals surface area contributed by atoms with E-state index in [0.717, 1.165) is 13.1 Å². The zero-order valence-corrected chi connectivity index (χ0v) is 8.96. The van der Waals surface area contributed by atoms with Crippen LogP contribution < -0.4 is 11.1 Å². The van der Waals surface area contributed by atoms with E-state index in [0.29, 0.717) is 6.42 Å². The zero-order chi connectivity index (χ0) is 10.4. The molecule has 14 heavy (non-hydrogen) atoms. The van der Waals surface area contributed by atoms with E-state index in [-0.39, 0.29) is 11.9 Å². The normalized spacial score (nSPS) is 19.6. The highest BCUT2D eigenvalue weighted by Crippen LogP contribution is 2.05. The largest absolute Gasteiger partial charge is 0.353 e. The van der Waals surface area contributed by atoms with Gasteiger partial charge < -0.3 is 16.0 Å². The number of likely N-dealkylation sites (tertiary alicyclic amines) is 1. The van der Waals surface area contributed by atoms with E-state index >= 15 is 0 Å². The van der Waals surface area contributed by atoms with Gasteiger partial charge >= 0.3 is 0 Å². The first-order valence-corrected chi connectivity index (χ1v) is 5.49. The Balaban J connectivity index is 2.05. The molecule has 1 amide bonds. The fraction of sp³-hybridized carbons (Fsp3) is 0.900. The molecule has 3 N–H and O–H groups in total. The molecule has 0 bridgehead atoms. The van der Waals surface area contributed by atoms with Gasteiger partial charge in [0.1, 0.15) is 0 Å². The van der Waals surface area contributed by atoms with Crippen LogP contribution in [0.3, 0.4) is 0 Å². The van der Waals surface area contributed by atoms with Crippen molar-refractivity contribution in [1.29, 1.82) is 0 Å². The number of rotatable bonds is 5. The van der Waals surface area contributed by atoms with Gasteiger partial charge in [-0.1, -0.05) is 6.92 Å². The Hall–Kier alpha value is -0.610. The minimum Gasteiger partial charge on any atom is -0.353 e. The second-order valence-electron chi connectivity index (χ2n) is 3.85. The molecule has 0 aromatic rings. The maximum absolute atomic E-state index is 11.3. The smallest absolute Gasteiger partial charge is 0.236 e. The molecule has 0 aromatic carbocycles. The van der Waals surface area contributed by atoms with Gasteiger partial charge in [-0.3, -0.25) is 4.79 Å². The van der Waals surface area contributed by atoms with Gasteiger partial charge in [0.05, 0.1) is 6.04 Å². The van der Waals surface area contributed by atoms with Crippen LogP contribution in [0, 0.1) is 0 Å². The number of nitrogens with zero attached hydrogens (tertiary/aromatic N) is 1. The Labute approximate surface area is 85.8 Å². The van der Waals surface area contributed by atoms with E-state index in [1.165, 1.54) is 25.9 Å². The molecule has 4 heteroatoms. The predicted octanol–water partition coefficient (Wildman–Crippen LogP) is -0.0643. The Kier molecular flexibility index (Phi) is 4.90. The average Bonchev–Trinajstić information content (AvgIpc) is 2.69. The summed E-state index contributed by atoms with van der Waals surface area (Å²) in [6, 6.07) is -0.339. The fourth-order valence-corrected chi connectivity index (χ4v) is 1.66. The SMILES string of the molecule is CCC(N)C(=O)NCCN1CCCC1. The van der Waals surface area contributed by atoms with E-state index in [9.17, 15) is 4.79 Å². The molecule has 1 saturated heterocycles. The number of amides is 1. The van der Waals surface area contributed by atoms with Crippen LogP contribution in [0.2, 0.25) is 0 Å². The van der Waals surface area contributed by atoms with Crippen LogP contribution >= 0.6 is 0 Å². The van der Waals surface area contributed by atoms with Gasteiger partial charge in [-0.15, -0.1) is 0 Å². The molecule has 1 atom stereocenters. The molecule has 0 aliphatic carbocycles. The van der Waals surface area contributed by atoms with Crippen LogP contribution in [0.4, 0.5) is 0 Å². The molecule has 0 saturated carbocycles. The molecular weight excluding hydrogens is 178 g/mol.